The number of aromatic carboxylic acids is 2. The summed E-state index contributed by atoms with van der Waals surface area (Å²) in [6.45, 7) is 0. The Balaban J connectivity index is 2.98. The maximum Gasteiger partial charge on any atom is 0.337 e. The number of carboxylic acid groups (broad SMARTS) is 3. The van der Waals surface area contributed by atoms with Crippen LogP contribution in [0.15, 0.2) is 18.2 Å². The van der Waals surface area contributed by atoms with Crippen LogP contribution in [-0.2, 0) is 9.59 Å². The van der Waals surface area contributed by atoms with Crippen molar-refractivity contribution in [2.75, 3.05) is 5.32 Å². The molecule has 8 nitrogen and oxygen atoms in total. The van der Waals surface area contributed by atoms with E-state index in [0.29, 0.717) is 0 Å². The average Bonchev–Trinajstić information content (AvgIpc) is 2.35. The Bertz CT molecular complexity index is 579. The van der Waals surface area contributed by atoms with Crippen molar-refractivity contribution in [1.82, 2.24) is 0 Å². The van der Waals surface area contributed by atoms with Gasteiger partial charge in [-0.15, -0.1) is 0 Å². The minimum absolute atomic E-state index is 0.187. The van der Waals surface area contributed by atoms with E-state index in [4.69, 9.17) is 15.3 Å². The number of rotatable bonds is 6. The van der Waals surface area contributed by atoms with Gasteiger partial charge in [-0.3, -0.25) is 9.59 Å². The van der Waals surface area contributed by atoms with Gasteiger partial charge in [0.15, 0.2) is 0 Å². The highest BCUT2D eigenvalue weighted by molar-refractivity contribution is 6.03. The van der Waals surface area contributed by atoms with Gasteiger partial charge in [0.1, 0.15) is 0 Å². The summed E-state index contributed by atoms with van der Waals surface area (Å²) in [6.07, 6.45) is -0.751. The Kier molecular flexibility index (Phi) is 4.79. The number of amides is 1. The first kappa shape index (κ1) is 15.2. The van der Waals surface area contributed by atoms with Crippen molar-refractivity contribution in [3.8, 4) is 0 Å². The van der Waals surface area contributed by atoms with Gasteiger partial charge in [-0.1, -0.05) is 0 Å². The normalized spacial score (nSPS) is 9.80. The molecular weight excluding hydrogens is 270 g/mol. The molecular formula is C12H11NO7. The third-order valence-electron chi connectivity index (χ3n) is 2.34. The third kappa shape index (κ3) is 4.09. The Morgan fingerprint density at radius 1 is 0.950 bits per heavy atom. The van der Waals surface area contributed by atoms with Crippen LogP contribution in [0.3, 0.4) is 0 Å². The monoisotopic (exact) mass is 281 g/mol. The Hall–Kier alpha value is -2.90. The van der Waals surface area contributed by atoms with Crippen LogP contribution in [-0.4, -0.2) is 39.1 Å². The summed E-state index contributed by atoms with van der Waals surface area (Å²) in [4.78, 5) is 43.5. The number of carbonyl (C=O) groups excluding carboxylic acids is 1. The van der Waals surface area contributed by atoms with Crippen LogP contribution in [0, 0.1) is 0 Å². The molecule has 0 atom stereocenters. The zero-order valence-electron chi connectivity index (χ0n) is 10.1. The molecule has 0 aromatic heterocycles. The Morgan fingerprint density at radius 2 is 1.60 bits per heavy atom. The van der Waals surface area contributed by atoms with Crippen molar-refractivity contribution in [3.63, 3.8) is 0 Å². The number of hydrogen-bond donors (Lipinski definition) is 4. The van der Waals surface area contributed by atoms with Crippen molar-refractivity contribution >= 4 is 29.5 Å². The second kappa shape index (κ2) is 6.32. The van der Waals surface area contributed by atoms with E-state index in [9.17, 15) is 19.2 Å². The molecule has 106 valence electrons. The smallest absolute Gasteiger partial charge is 0.337 e. The van der Waals surface area contributed by atoms with Crippen LogP contribution in [0.2, 0.25) is 0 Å². The quantitative estimate of drug-likeness (QED) is 0.606. The predicted octanol–water partition coefficient (Wildman–Crippen LogP) is 0.886. The summed E-state index contributed by atoms with van der Waals surface area (Å²) in [7, 11) is 0. The highest BCUT2D eigenvalue weighted by Gasteiger charge is 2.15. The molecule has 0 saturated heterocycles. The second-order valence-corrected chi connectivity index (χ2v) is 3.81. The van der Waals surface area contributed by atoms with Crippen molar-refractivity contribution in [2.45, 2.75) is 12.8 Å². The summed E-state index contributed by atoms with van der Waals surface area (Å²) in [6, 6.07) is 3.15. The molecule has 1 rings (SSSR count). The zero-order valence-corrected chi connectivity index (χ0v) is 10.1. The van der Waals surface area contributed by atoms with Gasteiger partial charge in [-0.2, -0.15) is 0 Å². The van der Waals surface area contributed by atoms with Gasteiger partial charge < -0.3 is 20.6 Å². The fraction of sp³-hybridized carbons (Fsp3) is 0.167. The maximum absolute atomic E-state index is 11.5. The first-order valence-corrected chi connectivity index (χ1v) is 5.43. The summed E-state index contributed by atoms with van der Waals surface area (Å²) in [5, 5.41) is 28.4. The molecule has 4 N–H and O–H groups in total. The SMILES string of the molecule is O=C(O)CCC(=O)Nc1cc(C(=O)O)ccc1C(=O)O. The molecule has 0 aliphatic rings. The van der Waals surface area contributed by atoms with E-state index in [-0.39, 0.29) is 23.2 Å². The van der Waals surface area contributed by atoms with E-state index in [2.05, 4.69) is 5.32 Å². The summed E-state index contributed by atoms with van der Waals surface area (Å²) >= 11 is 0. The highest BCUT2D eigenvalue weighted by atomic mass is 16.4. The van der Waals surface area contributed by atoms with E-state index in [1.54, 1.807) is 0 Å². The van der Waals surface area contributed by atoms with Crippen LogP contribution >= 0.6 is 0 Å². The van der Waals surface area contributed by atoms with Crippen LogP contribution in [0.4, 0.5) is 5.69 Å². The minimum atomic E-state index is -1.34. The molecule has 1 aromatic carbocycles. The Morgan fingerprint density at radius 3 is 2.10 bits per heavy atom. The molecule has 20 heavy (non-hydrogen) atoms. The van der Waals surface area contributed by atoms with Crippen LogP contribution in [0.5, 0.6) is 0 Å². The second-order valence-electron chi connectivity index (χ2n) is 3.81. The zero-order chi connectivity index (χ0) is 15.3. The lowest BCUT2D eigenvalue weighted by atomic mass is 10.1. The summed E-state index contributed by atoms with van der Waals surface area (Å²) < 4.78 is 0. The first-order valence-electron chi connectivity index (χ1n) is 5.43. The number of aliphatic carboxylic acids is 1. The van der Waals surface area contributed by atoms with Crippen molar-refractivity contribution in [2.24, 2.45) is 0 Å². The van der Waals surface area contributed by atoms with E-state index >= 15 is 0 Å². The fourth-order valence-electron chi connectivity index (χ4n) is 1.40. The lowest BCUT2D eigenvalue weighted by Crippen LogP contribution is -2.16. The van der Waals surface area contributed by atoms with Crippen molar-refractivity contribution in [1.29, 1.82) is 0 Å². The van der Waals surface area contributed by atoms with Crippen LogP contribution in [0.1, 0.15) is 33.6 Å². The third-order valence-corrected chi connectivity index (χ3v) is 2.34. The molecule has 1 amide bonds. The highest BCUT2D eigenvalue weighted by Crippen LogP contribution is 2.18. The molecule has 0 spiro atoms. The number of hydrogen-bond acceptors (Lipinski definition) is 4. The van der Waals surface area contributed by atoms with Crippen LogP contribution < -0.4 is 5.32 Å². The lowest BCUT2D eigenvalue weighted by molar-refractivity contribution is -0.138. The number of carbonyl (C=O) groups is 4. The molecule has 8 heteroatoms. The van der Waals surface area contributed by atoms with Gasteiger partial charge in [0.25, 0.3) is 0 Å². The number of anilines is 1. The average molecular weight is 281 g/mol. The molecule has 0 fully saturated rings. The van der Waals surface area contributed by atoms with Gasteiger partial charge in [0.2, 0.25) is 5.91 Å². The largest absolute Gasteiger partial charge is 0.481 e. The van der Waals surface area contributed by atoms with Crippen LogP contribution in [0.25, 0.3) is 0 Å². The Labute approximate surface area is 112 Å². The molecule has 0 saturated carbocycles. The van der Waals surface area contributed by atoms with Gasteiger partial charge in [0.05, 0.1) is 23.2 Å². The number of nitrogens with one attached hydrogen (secondary N) is 1. The van der Waals surface area contributed by atoms with Gasteiger partial charge in [-0.25, -0.2) is 9.59 Å². The molecule has 0 aliphatic carbocycles. The molecule has 0 bridgehead atoms. The molecule has 0 heterocycles. The van der Waals surface area contributed by atoms with Gasteiger partial charge in [-0.05, 0) is 18.2 Å². The molecule has 1 aromatic rings. The standard InChI is InChI=1S/C12H11NO7/c14-9(3-4-10(15)16)13-8-5-6(11(17)18)1-2-7(8)12(19)20/h1-2,5H,3-4H2,(H,13,14)(H,15,16)(H,17,18)(H,19,20). The van der Waals surface area contributed by atoms with Crippen molar-refractivity contribution < 1.29 is 34.5 Å². The molecule has 0 aliphatic heterocycles. The van der Waals surface area contributed by atoms with E-state index < -0.39 is 30.2 Å². The minimum Gasteiger partial charge on any atom is -0.481 e. The number of benzene rings is 1. The van der Waals surface area contributed by atoms with E-state index in [1.165, 1.54) is 0 Å². The van der Waals surface area contributed by atoms with E-state index in [1.807, 2.05) is 0 Å². The summed E-state index contributed by atoms with van der Waals surface area (Å²) in [5.41, 5.74) is -0.657. The molecule has 0 unspecified atom stereocenters. The lowest BCUT2D eigenvalue weighted by Gasteiger charge is -2.09. The number of carboxylic acids is 3. The fourth-order valence-corrected chi connectivity index (χ4v) is 1.40. The maximum atomic E-state index is 11.5. The topological polar surface area (TPSA) is 141 Å². The van der Waals surface area contributed by atoms with Gasteiger partial charge in [0, 0.05) is 6.42 Å². The van der Waals surface area contributed by atoms with E-state index in [0.717, 1.165) is 18.2 Å². The first-order chi connectivity index (χ1) is 9.31. The summed E-state index contributed by atoms with van der Waals surface area (Å²) in [5.74, 6) is -4.49. The van der Waals surface area contributed by atoms with Gasteiger partial charge >= 0.3 is 17.9 Å². The molecule has 0 radical (unpaired) electrons. The predicted molar refractivity (Wildman–Crippen MR) is 65.9 cm³/mol. The van der Waals surface area contributed by atoms with Crippen molar-refractivity contribution in [3.05, 3.63) is 29.3 Å².